The maximum absolute atomic E-state index is 12.7. The van der Waals surface area contributed by atoms with E-state index in [-0.39, 0.29) is 6.03 Å². The summed E-state index contributed by atoms with van der Waals surface area (Å²) in [5.41, 5.74) is 1.15. The Morgan fingerprint density at radius 1 is 1.24 bits per heavy atom. The molecule has 1 aromatic rings. The molecule has 5 heteroatoms. The standard InChI is InChI=1S/C20H31N3O2/c1-3-25-19-11-7-16(8-12-19)15-23(17-9-10-17)20(24)21-14-18-6-4-5-13-22(18)2/h7-8,11-12,17-18H,3-6,9-10,13-15H2,1-2H3,(H,21,24)/t18-/m1/s1. The van der Waals surface area contributed by atoms with Crippen molar-refractivity contribution in [2.45, 2.75) is 57.7 Å². The highest BCUT2D eigenvalue weighted by atomic mass is 16.5. The Balaban J connectivity index is 1.54. The molecule has 3 rings (SSSR count). The van der Waals surface area contributed by atoms with Crippen molar-refractivity contribution in [2.24, 2.45) is 0 Å². The minimum absolute atomic E-state index is 0.0790. The Hall–Kier alpha value is -1.75. The average Bonchev–Trinajstić information content (AvgIpc) is 3.45. The molecule has 0 aromatic heterocycles. The molecule has 1 saturated heterocycles. The number of nitrogens with zero attached hydrogens (tertiary/aromatic N) is 2. The molecule has 0 bridgehead atoms. The molecule has 2 amide bonds. The molecule has 1 saturated carbocycles. The number of nitrogens with one attached hydrogen (secondary N) is 1. The molecular formula is C20H31N3O2. The molecule has 1 aliphatic heterocycles. The minimum atomic E-state index is 0.0790. The van der Waals surface area contributed by atoms with Gasteiger partial charge in [-0.3, -0.25) is 0 Å². The topological polar surface area (TPSA) is 44.8 Å². The van der Waals surface area contributed by atoms with Crippen LogP contribution in [0.3, 0.4) is 0 Å². The quantitative estimate of drug-likeness (QED) is 0.825. The van der Waals surface area contributed by atoms with Gasteiger partial charge in [-0.2, -0.15) is 0 Å². The summed E-state index contributed by atoms with van der Waals surface area (Å²) < 4.78 is 5.49. The Kier molecular flexibility index (Phi) is 6.19. The van der Waals surface area contributed by atoms with Crippen LogP contribution in [0.2, 0.25) is 0 Å². The second-order valence-electron chi connectivity index (χ2n) is 7.25. The van der Waals surface area contributed by atoms with Crippen LogP contribution in [0, 0.1) is 0 Å². The molecule has 1 heterocycles. The number of benzene rings is 1. The average molecular weight is 345 g/mol. The molecular weight excluding hydrogens is 314 g/mol. The molecule has 0 unspecified atom stereocenters. The highest BCUT2D eigenvalue weighted by Crippen LogP contribution is 2.29. The number of carbonyl (C=O) groups excluding carboxylic acids is 1. The summed E-state index contributed by atoms with van der Waals surface area (Å²) in [4.78, 5) is 17.1. The van der Waals surface area contributed by atoms with Crippen LogP contribution in [0.15, 0.2) is 24.3 Å². The van der Waals surface area contributed by atoms with Crippen LogP contribution in [-0.4, -0.2) is 54.7 Å². The van der Waals surface area contributed by atoms with Crippen molar-refractivity contribution in [3.63, 3.8) is 0 Å². The molecule has 2 fully saturated rings. The van der Waals surface area contributed by atoms with Gasteiger partial charge in [0, 0.05) is 25.2 Å². The third kappa shape index (κ3) is 5.11. The number of ether oxygens (including phenoxy) is 1. The van der Waals surface area contributed by atoms with Gasteiger partial charge in [-0.25, -0.2) is 4.79 Å². The van der Waals surface area contributed by atoms with E-state index in [1.807, 2.05) is 24.0 Å². The number of piperidine rings is 1. The smallest absolute Gasteiger partial charge is 0.318 e. The zero-order valence-corrected chi connectivity index (χ0v) is 15.5. The first kappa shape index (κ1) is 18.1. The van der Waals surface area contributed by atoms with Crippen molar-refractivity contribution in [3.05, 3.63) is 29.8 Å². The molecule has 0 spiro atoms. The number of rotatable bonds is 7. The van der Waals surface area contributed by atoms with Gasteiger partial charge in [0.15, 0.2) is 0 Å². The van der Waals surface area contributed by atoms with Crippen LogP contribution in [0.25, 0.3) is 0 Å². The molecule has 1 N–H and O–H groups in total. The monoisotopic (exact) mass is 345 g/mol. The SMILES string of the molecule is CCOc1ccc(CN(C(=O)NC[C@H]2CCCCN2C)C2CC2)cc1. The van der Waals surface area contributed by atoms with Gasteiger partial charge in [0.1, 0.15) is 5.75 Å². The van der Waals surface area contributed by atoms with E-state index in [4.69, 9.17) is 4.74 Å². The van der Waals surface area contributed by atoms with Crippen LogP contribution < -0.4 is 10.1 Å². The zero-order valence-electron chi connectivity index (χ0n) is 15.5. The first-order chi connectivity index (χ1) is 12.2. The van der Waals surface area contributed by atoms with Gasteiger partial charge < -0.3 is 19.9 Å². The summed E-state index contributed by atoms with van der Waals surface area (Å²) in [7, 11) is 2.16. The van der Waals surface area contributed by atoms with Gasteiger partial charge in [-0.1, -0.05) is 18.6 Å². The Labute approximate surface area is 151 Å². The van der Waals surface area contributed by atoms with Gasteiger partial charge in [-0.05, 0) is 63.9 Å². The van der Waals surface area contributed by atoms with E-state index >= 15 is 0 Å². The van der Waals surface area contributed by atoms with Crippen molar-refractivity contribution in [1.82, 2.24) is 15.1 Å². The molecule has 0 radical (unpaired) electrons. The summed E-state index contributed by atoms with van der Waals surface area (Å²) in [5.74, 6) is 0.883. The van der Waals surface area contributed by atoms with Gasteiger partial charge >= 0.3 is 6.03 Å². The van der Waals surface area contributed by atoms with Crippen LogP contribution in [0.4, 0.5) is 4.79 Å². The van der Waals surface area contributed by atoms with E-state index in [0.717, 1.165) is 37.2 Å². The van der Waals surface area contributed by atoms with Crippen molar-refractivity contribution < 1.29 is 9.53 Å². The fourth-order valence-electron chi connectivity index (χ4n) is 3.52. The van der Waals surface area contributed by atoms with Crippen molar-refractivity contribution in [1.29, 1.82) is 0 Å². The fraction of sp³-hybridized carbons (Fsp3) is 0.650. The Morgan fingerprint density at radius 3 is 2.64 bits per heavy atom. The molecule has 138 valence electrons. The van der Waals surface area contributed by atoms with Gasteiger partial charge in [0.05, 0.1) is 6.61 Å². The van der Waals surface area contributed by atoms with E-state index < -0.39 is 0 Å². The van der Waals surface area contributed by atoms with Crippen LogP contribution in [0.1, 0.15) is 44.6 Å². The van der Waals surface area contributed by atoms with E-state index in [9.17, 15) is 4.79 Å². The first-order valence-corrected chi connectivity index (χ1v) is 9.64. The molecule has 1 aromatic carbocycles. The lowest BCUT2D eigenvalue weighted by Gasteiger charge is -2.33. The van der Waals surface area contributed by atoms with E-state index in [1.54, 1.807) is 0 Å². The summed E-state index contributed by atoms with van der Waals surface area (Å²) in [6.07, 6.45) is 5.96. The lowest BCUT2D eigenvalue weighted by atomic mass is 10.0. The molecule has 5 nitrogen and oxygen atoms in total. The highest BCUT2D eigenvalue weighted by Gasteiger charge is 2.33. The third-order valence-electron chi connectivity index (χ3n) is 5.25. The largest absolute Gasteiger partial charge is 0.494 e. The summed E-state index contributed by atoms with van der Waals surface area (Å²) in [5, 5.41) is 3.18. The summed E-state index contributed by atoms with van der Waals surface area (Å²) in [6.45, 7) is 5.21. The number of hydrogen-bond donors (Lipinski definition) is 1. The minimum Gasteiger partial charge on any atom is -0.494 e. The van der Waals surface area contributed by atoms with Crippen LogP contribution in [-0.2, 0) is 6.54 Å². The third-order valence-corrected chi connectivity index (χ3v) is 5.25. The van der Waals surface area contributed by atoms with Crippen LogP contribution >= 0.6 is 0 Å². The lowest BCUT2D eigenvalue weighted by Crippen LogP contribution is -2.48. The predicted molar refractivity (Wildman–Crippen MR) is 99.8 cm³/mol. The van der Waals surface area contributed by atoms with Gasteiger partial charge in [0.25, 0.3) is 0 Å². The normalized spacial score (nSPS) is 21.0. The number of carbonyl (C=O) groups is 1. The van der Waals surface area contributed by atoms with Gasteiger partial charge in [0.2, 0.25) is 0 Å². The number of urea groups is 1. The molecule has 2 aliphatic rings. The van der Waals surface area contributed by atoms with Crippen molar-refractivity contribution >= 4 is 6.03 Å². The lowest BCUT2D eigenvalue weighted by molar-refractivity contribution is 0.166. The number of likely N-dealkylation sites (tertiary alicyclic amines) is 1. The number of likely N-dealkylation sites (N-methyl/N-ethyl adjacent to an activating group) is 1. The maximum atomic E-state index is 12.7. The predicted octanol–water partition coefficient (Wildman–Crippen LogP) is 3.24. The van der Waals surface area contributed by atoms with E-state index in [2.05, 4.69) is 29.4 Å². The zero-order chi connectivity index (χ0) is 17.6. The molecule has 1 aliphatic carbocycles. The van der Waals surface area contributed by atoms with E-state index in [1.165, 1.54) is 19.3 Å². The number of amides is 2. The Bertz CT molecular complexity index is 557. The maximum Gasteiger partial charge on any atom is 0.318 e. The highest BCUT2D eigenvalue weighted by molar-refractivity contribution is 5.75. The van der Waals surface area contributed by atoms with E-state index in [0.29, 0.717) is 25.2 Å². The first-order valence-electron chi connectivity index (χ1n) is 9.64. The Morgan fingerprint density at radius 2 is 2.00 bits per heavy atom. The fourth-order valence-corrected chi connectivity index (χ4v) is 3.52. The van der Waals surface area contributed by atoms with Gasteiger partial charge in [-0.15, -0.1) is 0 Å². The summed E-state index contributed by atoms with van der Waals surface area (Å²) >= 11 is 0. The van der Waals surface area contributed by atoms with Crippen molar-refractivity contribution in [3.8, 4) is 5.75 Å². The second-order valence-corrected chi connectivity index (χ2v) is 7.25. The molecule has 25 heavy (non-hydrogen) atoms. The molecule has 1 atom stereocenters. The van der Waals surface area contributed by atoms with Crippen molar-refractivity contribution in [2.75, 3.05) is 26.7 Å². The second kappa shape index (κ2) is 8.56. The summed E-state index contributed by atoms with van der Waals surface area (Å²) in [6, 6.07) is 9.04. The van der Waals surface area contributed by atoms with Crippen LogP contribution in [0.5, 0.6) is 5.75 Å². The number of hydrogen-bond acceptors (Lipinski definition) is 3.